The molecule has 0 saturated carbocycles. The normalized spacial score (nSPS) is 10.8. The average molecular weight is 405 g/mol. The van der Waals surface area contributed by atoms with E-state index in [4.69, 9.17) is 5.84 Å². The molecule has 0 saturated heterocycles. The molecule has 4 N–H and O–H groups in total. The number of nitrogens with one attached hydrogen (secondary N) is 2. The molecule has 0 aliphatic carbocycles. The van der Waals surface area contributed by atoms with E-state index < -0.39 is 0 Å². The van der Waals surface area contributed by atoms with E-state index in [1.807, 2.05) is 67.6 Å². The summed E-state index contributed by atoms with van der Waals surface area (Å²) in [5.41, 5.74) is 4.31. The largest absolute Gasteiger partial charge is 0.335 e. The molecule has 0 radical (unpaired) electrons. The molecular weight excluding hydrogens is 386 g/mol. The SMILES string of the molecule is Cc1ccc(NC(=O)CSc2nnc(-c3cc(-c4ccccc4)n[nH]3)n2N)cc1. The Morgan fingerprint density at radius 1 is 1.14 bits per heavy atom. The Balaban J connectivity index is 1.42. The van der Waals surface area contributed by atoms with Crippen molar-refractivity contribution in [3.63, 3.8) is 0 Å². The maximum Gasteiger partial charge on any atom is 0.234 e. The van der Waals surface area contributed by atoms with Crippen LogP contribution in [0.2, 0.25) is 0 Å². The number of anilines is 1. The van der Waals surface area contributed by atoms with Crippen LogP contribution in [0.3, 0.4) is 0 Å². The Morgan fingerprint density at radius 3 is 2.66 bits per heavy atom. The van der Waals surface area contributed by atoms with Gasteiger partial charge in [-0.1, -0.05) is 59.8 Å². The first kappa shape index (κ1) is 18.8. The van der Waals surface area contributed by atoms with Gasteiger partial charge in [0.2, 0.25) is 16.9 Å². The highest BCUT2D eigenvalue weighted by Crippen LogP contribution is 2.24. The van der Waals surface area contributed by atoms with E-state index in [-0.39, 0.29) is 11.7 Å². The number of aryl methyl sites for hydroxylation is 1. The third-order valence-corrected chi connectivity index (χ3v) is 5.16. The number of aromatic nitrogens is 5. The van der Waals surface area contributed by atoms with Gasteiger partial charge in [0.1, 0.15) is 5.69 Å². The summed E-state index contributed by atoms with van der Waals surface area (Å²) in [5, 5.41) is 18.7. The number of aromatic amines is 1. The molecule has 0 bridgehead atoms. The first-order valence-corrected chi connectivity index (χ1v) is 9.90. The molecule has 146 valence electrons. The standard InChI is InChI=1S/C20H19N7OS/c1-13-7-9-15(10-8-13)22-18(28)12-29-20-26-25-19(27(20)21)17-11-16(23-24-17)14-5-3-2-4-6-14/h2-11H,12,21H2,1H3,(H,22,28)(H,23,24). The summed E-state index contributed by atoms with van der Waals surface area (Å²) in [6, 6.07) is 19.3. The molecule has 9 heteroatoms. The molecule has 2 aromatic carbocycles. The maximum absolute atomic E-state index is 12.2. The van der Waals surface area contributed by atoms with Gasteiger partial charge in [-0.25, -0.2) is 4.68 Å². The maximum atomic E-state index is 12.2. The minimum atomic E-state index is -0.142. The van der Waals surface area contributed by atoms with Gasteiger partial charge >= 0.3 is 0 Å². The first-order valence-electron chi connectivity index (χ1n) is 8.91. The van der Waals surface area contributed by atoms with Crippen molar-refractivity contribution >= 4 is 23.4 Å². The lowest BCUT2D eigenvalue weighted by atomic mass is 10.1. The van der Waals surface area contributed by atoms with Crippen LogP contribution in [-0.2, 0) is 4.79 Å². The molecule has 29 heavy (non-hydrogen) atoms. The number of nitrogens with two attached hydrogens (primary N) is 1. The summed E-state index contributed by atoms with van der Waals surface area (Å²) in [4.78, 5) is 12.2. The van der Waals surface area contributed by atoms with Crippen LogP contribution in [0.1, 0.15) is 5.56 Å². The fraction of sp³-hybridized carbons (Fsp3) is 0.100. The number of nitrogens with zero attached hydrogens (tertiary/aromatic N) is 4. The number of nitrogen functional groups attached to an aromatic ring is 1. The van der Waals surface area contributed by atoms with Gasteiger partial charge in [0, 0.05) is 11.3 Å². The Kier molecular flexibility index (Phi) is 5.30. The van der Waals surface area contributed by atoms with Gasteiger partial charge in [0.05, 0.1) is 11.4 Å². The topological polar surface area (TPSA) is 115 Å². The van der Waals surface area contributed by atoms with Crippen LogP contribution in [0.5, 0.6) is 0 Å². The fourth-order valence-electron chi connectivity index (χ4n) is 2.72. The van der Waals surface area contributed by atoms with E-state index in [1.165, 1.54) is 16.4 Å². The third-order valence-electron chi connectivity index (χ3n) is 4.22. The lowest BCUT2D eigenvalue weighted by Crippen LogP contribution is -2.16. The quantitative estimate of drug-likeness (QED) is 0.335. The zero-order valence-corrected chi connectivity index (χ0v) is 16.5. The Hall–Kier alpha value is -3.59. The summed E-state index contributed by atoms with van der Waals surface area (Å²) >= 11 is 1.21. The lowest BCUT2D eigenvalue weighted by Gasteiger charge is -2.05. The summed E-state index contributed by atoms with van der Waals surface area (Å²) in [7, 11) is 0. The summed E-state index contributed by atoms with van der Waals surface area (Å²) in [5.74, 6) is 6.60. The second-order valence-corrected chi connectivity index (χ2v) is 7.35. The van der Waals surface area contributed by atoms with E-state index in [2.05, 4.69) is 25.7 Å². The van der Waals surface area contributed by atoms with Crippen molar-refractivity contribution in [2.24, 2.45) is 0 Å². The molecule has 0 aliphatic heterocycles. The fourth-order valence-corrected chi connectivity index (χ4v) is 3.37. The number of hydrogen-bond acceptors (Lipinski definition) is 6. The average Bonchev–Trinajstić information content (AvgIpc) is 3.36. The van der Waals surface area contributed by atoms with Gasteiger partial charge in [0.25, 0.3) is 0 Å². The molecule has 2 aromatic heterocycles. The zero-order chi connectivity index (χ0) is 20.2. The number of rotatable bonds is 6. The molecule has 2 heterocycles. The lowest BCUT2D eigenvalue weighted by molar-refractivity contribution is -0.113. The van der Waals surface area contributed by atoms with Crippen LogP contribution in [0.15, 0.2) is 65.8 Å². The molecule has 1 amide bonds. The number of benzene rings is 2. The van der Waals surface area contributed by atoms with Gasteiger partial charge in [-0.3, -0.25) is 9.89 Å². The second kappa shape index (κ2) is 8.19. The highest BCUT2D eigenvalue weighted by Gasteiger charge is 2.16. The van der Waals surface area contributed by atoms with Crippen molar-refractivity contribution in [1.29, 1.82) is 0 Å². The zero-order valence-electron chi connectivity index (χ0n) is 15.7. The van der Waals surface area contributed by atoms with Crippen molar-refractivity contribution in [3.8, 4) is 22.8 Å². The van der Waals surface area contributed by atoms with Crippen molar-refractivity contribution < 1.29 is 4.79 Å². The van der Waals surface area contributed by atoms with Crippen LogP contribution in [0.25, 0.3) is 22.8 Å². The van der Waals surface area contributed by atoms with Crippen molar-refractivity contribution in [1.82, 2.24) is 25.1 Å². The third kappa shape index (κ3) is 4.30. The molecule has 4 aromatic rings. The van der Waals surface area contributed by atoms with E-state index in [0.29, 0.717) is 16.7 Å². The minimum absolute atomic E-state index is 0.142. The summed E-state index contributed by atoms with van der Waals surface area (Å²) < 4.78 is 1.35. The number of amides is 1. The number of carbonyl (C=O) groups is 1. The van der Waals surface area contributed by atoms with Gasteiger partial charge in [-0.05, 0) is 25.1 Å². The van der Waals surface area contributed by atoms with Crippen LogP contribution < -0.4 is 11.2 Å². The Bertz CT molecular complexity index is 1120. The molecule has 0 fully saturated rings. The molecular formula is C20H19N7OS. The second-order valence-electron chi connectivity index (χ2n) is 6.41. The summed E-state index contributed by atoms with van der Waals surface area (Å²) in [6.45, 7) is 2.00. The Morgan fingerprint density at radius 2 is 1.90 bits per heavy atom. The predicted molar refractivity (Wildman–Crippen MR) is 114 cm³/mol. The highest BCUT2D eigenvalue weighted by atomic mass is 32.2. The molecule has 8 nitrogen and oxygen atoms in total. The van der Waals surface area contributed by atoms with Gasteiger partial charge in [-0.15, -0.1) is 10.2 Å². The van der Waals surface area contributed by atoms with E-state index >= 15 is 0 Å². The number of hydrogen-bond donors (Lipinski definition) is 3. The highest BCUT2D eigenvalue weighted by molar-refractivity contribution is 7.99. The molecule has 4 rings (SSSR count). The van der Waals surface area contributed by atoms with Crippen LogP contribution in [0.4, 0.5) is 5.69 Å². The molecule has 0 aliphatic rings. The molecule has 0 atom stereocenters. The number of thioether (sulfide) groups is 1. The Labute approximate surface area is 171 Å². The van der Waals surface area contributed by atoms with Crippen molar-refractivity contribution in [3.05, 3.63) is 66.2 Å². The van der Waals surface area contributed by atoms with Gasteiger partial charge < -0.3 is 11.2 Å². The van der Waals surface area contributed by atoms with Gasteiger partial charge in [-0.2, -0.15) is 5.10 Å². The van der Waals surface area contributed by atoms with Crippen LogP contribution >= 0.6 is 11.8 Å². The first-order chi connectivity index (χ1) is 14.1. The number of carbonyl (C=O) groups excluding carboxylic acids is 1. The molecule has 0 unspecified atom stereocenters. The minimum Gasteiger partial charge on any atom is -0.335 e. The van der Waals surface area contributed by atoms with Gasteiger partial charge in [0.15, 0.2) is 0 Å². The summed E-state index contributed by atoms with van der Waals surface area (Å²) in [6.07, 6.45) is 0. The molecule has 0 spiro atoms. The smallest absolute Gasteiger partial charge is 0.234 e. The van der Waals surface area contributed by atoms with Crippen molar-refractivity contribution in [2.75, 3.05) is 16.9 Å². The van der Waals surface area contributed by atoms with E-state index in [0.717, 1.165) is 22.5 Å². The van der Waals surface area contributed by atoms with E-state index in [9.17, 15) is 4.79 Å². The predicted octanol–water partition coefficient (Wildman–Crippen LogP) is 3.09. The van der Waals surface area contributed by atoms with Crippen LogP contribution in [0, 0.1) is 6.92 Å². The monoisotopic (exact) mass is 405 g/mol. The van der Waals surface area contributed by atoms with Crippen LogP contribution in [-0.4, -0.2) is 36.7 Å². The van der Waals surface area contributed by atoms with Crippen molar-refractivity contribution in [2.45, 2.75) is 12.1 Å². The number of H-pyrrole nitrogens is 1. The van der Waals surface area contributed by atoms with E-state index in [1.54, 1.807) is 0 Å².